The van der Waals surface area contributed by atoms with Crippen LogP contribution in [0.5, 0.6) is 0 Å². The minimum Gasteiger partial charge on any atom is -0.0817 e. The normalized spacial score (nSPS) is 33.8. The average molecular weight is 321 g/mol. The summed E-state index contributed by atoms with van der Waals surface area (Å²) in [6.45, 7) is 34.6. The Kier molecular flexibility index (Phi) is 4.42. The predicted octanol–water partition coefficient (Wildman–Crippen LogP) is 7.74. The fourth-order valence-corrected chi connectivity index (χ4v) is 4.79. The number of hydrogen-bond acceptors (Lipinski definition) is 0. The first-order valence-corrected chi connectivity index (χ1v) is 9.41. The van der Waals surface area contributed by atoms with Crippen molar-refractivity contribution in [2.45, 2.75) is 96.9 Å². The molecule has 0 unspecified atom stereocenters. The molecule has 23 heavy (non-hydrogen) atoms. The Balaban J connectivity index is 3.92. The van der Waals surface area contributed by atoms with Crippen LogP contribution in [0.4, 0.5) is 0 Å². The second kappa shape index (κ2) is 4.89. The molecule has 0 N–H and O–H groups in total. The van der Waals surface area contributed by atoms with Gasteiger partial charge in [0, 0.05) is 0 Å². The van der Waals surface area contributed by atoms with Gasteiger partial charge in [-0.3, -0.25) is 0 Å². The van der Waals surface area contributed by atoms with Crippen LogP contribution in [0.1, 0.15) is 96.9 Å². The summed E-state index contributed by atoms with van der Waals surface area (Å²) in [6.07, 6.45) is 5.02. The molecule has 0 aliphatic heterocycles. The molecule has 0 spiro atoms. The van der Waals surface area contributed by atoms with E-state index >= 15 is 0 Å². The first-order valence-electron chi connectivity index (χ1n) is 9.41. The van der Waals surface area contributed by atoms with Crippen molar-refractivity contribution in [2.75, 3.05) is 0 Å². The standard InChI is InChI=1S/C23H44/c1-17(2)15-16-18(3,4)20(7,8)22(11,12)23(13,14)21(9,10)19(17,5)6/h15-16H,1-14H3/b16-15-. The lowest BCUT2D eigenvalue weighted by atomic mass is 9.38. The lowest BCUT2D eigenvalue weighted by molar-refractivity contribution is -0.178. The van der Waals surface area contributed by atoms with Gasteiger partial charge in [-0.2, -0.15) is 0 Å². The Morgan fingerprint density at radius 3 is 0.696 bits per heavy atom. The van der Waals surface area contributed by atoms with Crippen LogP contribution in [-0.4, -0.2) is 0 Å². The Hall–Kier alpha value is -0.260. The number of rotatable bonds is 0. The molecule has 0 aromatic carbocycles. The summed E-state index contributed by atoms with van der Waals surface area (Å²) in [5, 5.41) is 0. The Morgan fingerprint density at radius 1 is 0.304 bits per heavy atom. The molecule has 0 aromatic heterocycles. The van der Waals surface area contributed by atoms with Crippen molar-refractivity contribution >= 4 is 0 Å². The highest BCUT2D eigenvalue weighted by Crippen LogP contribution is 2.71. The fourth-order valence-electron chi connectivity index (χ4n) is 4.79. The molecule has 0 radical (unpaired) electrons. The van der Waals surface area contributed by atoms with Crippen LogP contribution in [0, 0.1) is 37.9 Å². The van der Waals surface area contributed by atoms with Crippen LogP contribution >= 0.6 is 0 Å². The topological polar surface area (TPSA) is 0 Å². The summed E-state index contributed by atoms with van der Waals surface area (Å²) in [4.78, 5) is 0. The maximum absolute atomic E-state index is 2.51. The molecule has 0 heterocycles. The highest BCUT2D eigenvalue weighted by Gasteiger charge is 2.64. The van der Waals surface area contributed by atoms with E-state index in [-0.39, 0.29) is 37.9 Å². The Morgan fingerprint density at radius 2 is 0.478 bits per heavy atom. The van der Waals surface area contributed by atoms with Gasteiger partial charge in [-0.25, -0.2) is 0 Å². The third-order valence-corrected chi connectivity index (χ3v) is 10.4. The third kappa shape index (κ3) is 2.30. The molecule has 0 atom stereocenters. The Bertz CT molecular complexity index is 446. The van der Waals surface area contributed by atoms with Gasteiger partial charge < -0.3 is 0 Å². The van der Waals surface area contributed by atoms with Gasteiger partial charge in [-0.05, 0) is 37.9 Å². The number of hydrogen-bond donors (Lipinski definition) is 0. The van der Waals surface area contributed by atoms with Crippen molar-refractivity contribution in [1.29, 1.82) is 0 Å². The van der Waals surface area contributed by atoms with Crippen LogP contribution in [0.25, 0.3) is 0 Å². The fraction of sp³-hybridized carbons (Fsp3) is 0.913. The van der Waals surface area contributed by atoms with Gasteiger partial charge in [0.2, 0.25) is 0 Å². The number of allylic oxidation sites excluding steroid dienone is 2. The van der Waals surface area contributed by atoms with E-state index in [2.05, 4.69) is 109 Å². The van der Waals surface area contributed by atoms with Crippen molar-refractivity contribution in [1.82, 2.24) is 0 Å². The van der Waals surface area contributed by atoms with Gasteiger partial charge >= 0.3 is 0 Å². The smallest absolute Gasteiger partial charge is 0.0118 e. The van der Waals surface area contributed by atoms with Crippen molar-refractivity contribution in [3.63, 3.8) is 0 Å². The van der Waals surface area contributed by atoms with Crippen LogP contribution < -0.4 is 0 Å². The quantitative estimate of drug-likeness (QED) is 0.400. The van der Waals surface area contributed by atoms with Gasteiger partial charge in [-0.15, -0.1) is 0 Å². The molecule has 0 bridgehead atoms. The van der Waals surface area contributed by atoms with E-state index in [0.29, 0.717) is 0 Å². The van der Waals surface area contributed by atoms with Gasteiger partial charge in [0.1, 0.15) is 0 Å². The average Bonchev–Trinajstić information content (AvgIpc) is 2.34. The summed E-state index contributed by atoms with van der Waals surface area (Å²) in [5.74, 6) is 0. The van der Waals surface area contributed by atoms with Gasteiger partial charge in [-0.1, -0.05) is 109 Å². The highest BCUT2D eigenvalue weighted by molar-refractivity contribution is 5.20. The van der Waals surface area contributed by atoms with Crippen molar-refractivity contribution in [3.8, 4) is 0 Å². The largest absolute Gasteiger partial charge is 0.0817 e. The van der Waals surface area contributed by atoms with E-state index in [1.54, 1.807) is 0 Å². The molecular formula is C23H44. The van der Waals surface area contributed by atoms with Gasteiger partial charge in [0.25, 0.3) is 0 Å². The molecule has 0 heteroatoms. The van der Waals surface area contributed by atoms with E-state index in [9.17, 15) is 0 Å². The molecular weight excluding hydrogens is 276 g/mol. The highest BCUT2D eigenvalue weighted by atomic mass is 14.7. The van der Waals surface area contributed by atoms with E-state index in [1.807, 2.05) is 0 Å². The lowest BCUT2D eigenvalue weighted by Crippen LogP contribution is -2.60. The third-order valence-electron chi connectivity index (χ3n) is 10.4. The van der Waals surface area contributed by atoms with Gasteiger partial charge in [0.05, 0.1) is 0 Å². The molecule has 0 saturated heterocycles. The monoisotopic (exact) mass is 320 g/mol. The van der Waals surface area contributed by atoms with Crippen molar-refractivity contribution in [2.24, 2.45) is 37.9 Å². The molecule has 0 nitrogen and oxygen atoms in total. The molecule has 1 rings (SSSR count). The van der Waals surface area contributed by atoms with Crippen molar-refractivity contribution in [3.05, 3.63) is 12.2 Å². The molecule has 0 aromatic rings. The molecule has 1 aliphatic rings. The zero-order valence-corrected chi connectivity index (χ0v) is 18.7. The summed E-state index contributed by atoms with van der Waals surface area (Å²) in [5.41, 5.74) is 1.15. The van der Waals surface area contributed by atoms with E-state index in [4.69, 9.17) is 0 Å². The lowest BCUT2D eigenvalue weighted by Gasteiger charge is -2.66. The van der Waals surface area contributed by atoms with Crippen LogP contribution in [0.15, 0.2) is 12.2 Å². The van der Waals surface area contributed by atoms with Gasteiger partial charge in [0.15, 0.2) is 0 Å². The van der Waals surface area contributed by atoms with Crippen LogP contribution in [0.3, 0.4) is 0 Å². The summed E-state index contributed by atoms with van der Waals surface area (Å²) < 4.78 is 0. The minimum atomic E-state index is 0.140. The van der Waals surface area contributed by atoms with Crippen LogP contribution in [-0.2, 0) is 0 Å². The van der Waals surface area contributed by atoms with Crippen LogP contribution in [0.2, 0.25) is 0 Å². The first kappa shape index (κ1) is 20.8. The molecule has 0 fully saturated rings. The van der Waals surface area contributed by atoms with E-state index in [1.165, 1.54) is 0 Å². The molecule has 0 saturated carbocycles. The first-order chi connectivity index (χ1) is 9.71. The van der Waals surface area contributed by atoms with E-state index in [0.717, 1.165) is 0 Å². The predicted molar refractivity (Wildman–Crippen MR) is 106 cm³/mol. The zero-order chi connectivity index (χ0) is 18.9. The zero-order valence-electron chi connectivity index (χ0n) is 18.7. The maximum atomic E-state index is 2.51. The molecule has 0 amide bonds. The molecule has 1 aliphatic carbocycles. The second-order valence-corrected chi connectivity index (χ2v) is 11.9. The van der Waals surface area contributed by atoms with Crippen molar-refractivity contribution < 1.29 is 0 Å². The SMILES string of the molecule is CC1(C)/C=C\C(C)(C)C(C)(C)C(C)(C)C(C)(C)C(C)(C)C1(C)C. The Labute approximate surface area is 147 Å². The minimum absolute atomic E-state index is 0.140. The maximum Gasteiger partial charge on any atom is -0.0118 e. The van der Waals surface area contributed by atoms with E-state index < -0.39 is 0 Å². The second-order valence-electron chi connectivity index (χ2n) is 11.9. The summed E-state index contributed by atoms with van der Waals surface area (Å²) >= 11 is 0. The summed E-state index contributed by atoms with van der Waals surface area (Å²) in [6, 6.07) is 0. The summed E-state index contributed by atoms with van der Waals surface area (Å²) in [7, 11) is 0. The molecule has 136 valence electrons.